The predicted octanol–water partition coefficient (Wildman–Crippen LogP) is 9.34. The predicted molar refractivity (Wildman–Crippen MR) is 142 cm³/mol. The van der Waals surface area contributed by atoms with Gasteiger partial charge in [0.25, 0.3) is 0 Å². The van der Waals surface area contributed by atoms with Crippen molar-refractivity contribution in [3.05, 3.63) is 83.9 Å². The summed E-state index contributed by atoms with van der Waals surface area (Å²) in [6, 6.07) is 21.8. The second kappa shape index (κ2) is 18.7. The molecule has 0 unspecified atom stereocenters. The fourth-order valence-corrected chi connectivity index (χ4v) is 4.37. The number of nitrogens with zero attached hydrogens (tertiary/aromatic N) is 1. The highest BCUT2D eigenvalue weighted by Gasteiger charge is 2.07. The minimum absolute atomic E-state index is 1.05. The minimum Gasteiger partial charge on any atom is -0.295 e. The highest BCUT2D eigenvalue weighted by Crippen LogP contribution is 2.14. The summed E-state index contributed by atoms with van der Waals surface area (Å²) >= 11 is 0. The lowest BCUT2D eigenvalue weighted by Gasteiger charge is -2.22. The van der Waals surface area contributed by atoms with Gasteiger partial charge in [0, 0.05) is 13.1 Å². The second-order valence-electron chi connectivity index (χ2n) is 9.24. The summed E-state index contributed by atoms with van der Waals surface area (Å²) in [6.45, 7) is 5.50. The Labute approximate surface area is 198 Å². The summed E-state index contributed by atoms with van der Waals surface area (Å²) in [5.41, 5.74) is 2.83. The summed E-state index contributed by atoms with van der Waals surface area (Å²) in [6.07, 6.45) is 22.6. The molecule has 0 atom stereocenters. The molecule has 0 aliphatic rings. The van der Waals surface area contributed by atoms with E-state index in [-0.39, 0.29) is 0 Å². The third-order valence-electron chi connectivity index (χ3n) is 6.25. The van der Waals surface area contributed by atoms with Crippen molar-refractivity contribution in [1.82, 2.24) is 4.90 Å². The van der Waals surface area contributed by atoms with E-state index in [1.54, 1.807) is 0 Å². The molecule has 0 fully saturated rings. The van der Waals surface area contributed by atoms with Gasteiger partial charge in [-0.3, -0.25) is 4.90 Å². The Balaban J connectivity index is 1.51. The van der Waals surface area contributed by atoms with Crippen molar-refractivity contribution in [3.8, 4) is 0 Å². The first kappa shape index (κ1) is 26.4. The zero-order valence-electron chi connectivity index (χ0n) is 20.7. The Hall–Kier alpha value is -1.86. The molecule has 0 amide bonds. The van der Waals surface area contributed by atoms with Crippen LogP contribution in [0.15, 0.2) is 72.8 Å². The van der Waals surface area contributed by atoms with Crippen molar-refractivity contribution < 1.29 is 0 Å². The van der Waals surface area contributed by atoms with Crippen molar-refractivity contribution in [1.29, 1.82) is 0 Å². The van der Waals surface area contributed by atoms with E-state index in [9.17, 15) is 0 Å². The monoisotopic (exact) mass is 433 g/mol. The van der Waals surface area contributed by atoms with E-state index < -0.39 is 0 Å². The van der Waals surface area contributed by atoms with Crippen LogP contribution in [-0.4, -0.2) is 11.4 Å². The quantitative estimate of drug-likeness (QED) is 0.157. The van der Waals surface area contributed by atoms with Crippen LogP contribution in [0.4, 0.5) is 0 Å². The van der Waals surface area contributed by atoms with Gasteiger partial charge in [-0.2, -0.15) is 0 Å². The summed E-state index contributed by atoms with van der Waals surface area (Å²) in [7, 11) is 0. The molecular formula is C31H47N. The molecule has 0 aromatic heterocycles. The Morgan fingerprint density at radius 3 is 1.44 bits per heavy atom. The van der Waals surface area contributed by atoms with Gasteiger partial charge < -0.3 is 0 Å². The van der Waals surface area contributed by atoms with E-state index in [1.807, 2.05) is 0 Å². The number of unbranched alkanes of at least 4 members (excludes halogenated alkanes) is 11. The highest BCUT2D eigenvalue weighted by atomic mass is 15.1. The zero-order chi connectivity index (χ0) is 22.5. The van der Waals surface area contributed by atoms with Gasteiger partial charge in [-0.05, 0) is 43.4 Å². The lowest BCUT2D eigenvalue weighted by atomic mass is 10.0. The smallest absolute Gasteiger partial charge is 0.0237 e. The maximum Gasteiger partial charge on any atom is 0.0237 e. The van der Waals surface area contributed by atoms with Gasteiger partial charge in [0.2, 0.25) is 0 Å². The van der Waals surface area contributed by atoms with Crippen LogP contribution in [0, 0.1) is 0 Å². The maximum absolute atomic E-state index is 2.61. The molecule has 176 valence electrons. The number of hydrogen-bond donors (Lipinski definition) is 0. The standard InChI is InChI=1S/C31H47N/c1-2-3-4-5-6-7-8-9-10-11-12-13-14-15-22-27-32(28-30-23-18-16-19-24-30)29-31-25-20-17-21-26-31/h3-4,16-21,23-26H,2,5-15,22,27-29H2,1H3/b4-3+. The SMILES string of the molecule is CC/C=C/CCCCCCCCCCCCCN(Cc1ccccc1)Cc1ccccc1. The first-order valence-electron chi connectivity index (χ1n) is 13.3. The van der Waals surface area contributed by atoms with Crippen molar-refractivity contribution >= 4 is 0 Å². The van der Waals surface area contributed by atoms with E-state index in [1.165, 1.54) is 101 Å². The molecule has 0 N–H and O–H groups in total. The van der Waals surface area contributed by atoms with Crippen LogP contribution in [0.5, 0.6) is 0 Å². The Morgan fingerprint density at radius 2 is 0.969 bits per heavy atom. The molecule has 1 heteroatoms. The van der Waals surface area contributed by atoms with Crippen LogP contribution in [0.2, 0.25) is 0 Å². The van der Waals surface area contributed by atoms with Crippen molar-refractivity contribution in [2.45, 2.75) is 103 Å². The lowest BCUT2D eigenvalue weighted by molar-refractivity contribution is 0.250. The molecular weight excluding hydrogens is 386 g/mol. The van der Waals surface area contributed by atoms with Crippen LogP contribution in [0.25, 0.3) is 0 Å². The first-order chi connectivity index (χ1) is 15.9. The van der Waals surface area contributed by atoms with Crippen molar-refractivity contribution in [3.63, 3.8) is 0 Å². The molecule has 2 aromatic rings. The van der Waals surface area contributed by atoms with Gasteiger partial charge in [0.15, 0.2) is 0 Å². The lowest BCUT2D eigenvalue weighted by Crippen LogP contribution is -2.24. The Kier molecular flexibility index (Phi) is 15.4. The molecule has 2 aromatic carbocycles. The van der Waals surface area contributed by atoms with Crippen molar-refractivity contribution in [2.24, 2.45) is 0 Å². The summed E-state index contributed by atoms with van der Waals surface area (Å²) in [5.74, 6) is 0. The number of allylic oxidation sites excluding steroid dienone is 2. The third kappa shape index (κ3) is 13.5. The van der Waals surface area contributed by atoms with Crippen LogP contribution >= 0.6 is 0 Å². The second-order valence-corrected chi connectivity index (χ2v) is 9.24. The number of hydrogen-bond acceptors (Lipinski definition) is 1. The molecule has 32 heavy (non-hydrogen) atoms. The Morgan fingerprint density at radius 1 is 0.531 bits per heavy atom. The maximum atomic E-state index is 2.61. The number of benzene rings is 2. The van der Waals surface area contributed by atoms with Crippen LogP contribution < -0.4 is 0 Å². The average molecular weight is 434 g/mol. The van der Waals surface area contributed by atoms with E-state index in [0.29, 0.717) is 0 Å². The van der Waals surface area contributed by atoms with Gasteiger partial charge >= 0.3 is 0 Å². The largest absolute Gasteiger partial charge is 0.295 e. The topological polar surface area (TPSA) is 3.24 Å². The van der Waals surface area contributed by atoms with Gasteiger partial charge in [-0.15, -0.1) is 0 Å². The molecule has 0 aliphatic carbocycles. The summed E-state index contributed by atoms with van der Waals surface area (Å²) in [5, 5.41) is 0. The average Bonchev–Trinajstić information content (AvgIpc) is 2.83. The summed E-state index contributed by atoms with van der Waals surface area (Å²) < 4.78 is 0. The fourth-order valence-electron chi connectivity index (χ4n) is 4.37. The minimum atomic E-state index is 1.05. The van der Waals surface area contributed by atoms with E-state index in [0.717, 1.165) is 13.1 Å². The highest BCUT2D eigenvalue weighted by molar-refractivity contribution is 5.17. The molecule has 0 saturated carbocycles. The zero-order valence-corrected chi connectivity index (χ0v) is 20.7. The van der Waals surface area contributed by atoms with Gasteiger partial charge in [-0.25, -0.2) is 0 Å². The molecule has 0 aliphatic heterocycles. The molecule has 0 saturated heterocycles. The van der Waals surface area contributed by atoms with Crippen LogP contribution in [0.3, 0.4) is 0 Å². The van der Waals surface area contributed by atoms with Crippen molar-refractivity contribution in [2.75, 3.05) is 6.54 Å². The first-order valence-corrected chi connectivity index (χ1v) is 13.3. The molecule has 0 spiro atoms. The third-order valence-corrected chi connectivity index (χ3v) is 6.25. The fraction of sp³-hybridized carbons (Fsp3) is 0.548. The summed E-state index contributed by atoms with van der Waals surface area (Å²) in [4.78, 5) is 2.61. The molecule has 0 bridgehead atoms. The molecule has 2 rings (SSSR count). The van der Waals surface area contributed by atoms with E-state index in [2.05, 4.69) is 84.6 Å². The van der Waals surface area contributed by atoms with Crippen LogP contribution in [-0.2, 0) is 13.1 Å². The Bertz CT molecular complexity index is 635. The van der Waals surface area contributed by atoms with Crippen LogP contribution in [0.1, 0.15) is 102 Å². The normalized spacial score (nSPS) is 11.6. The molecule has 1 nitrogen and oxygen atoms in total. The molecule has 0 radical (unpaired) electrons. The van der Waals surface area contributed by atoms with Gasteiger partial charge in [0.05, 0.1) is 0 Å². The molecule has 0 heterocycles. The van der Waals surface area contributed by atoms with Gasteiger partial charge in [0.1, 0.15) is 0 Å². The van der Waals surface area contributed by atoms with Gasteiger partial charge in [-0.1, -0.05) is 138 Å². The van der Waals surface area contributed by atoms with E-state index >= 15 is 0 Å². The van der Waals surface area contributed by atoms with E-state index in [4.69, 9.17) is 0 Å². The number of rotatable bonds is 19.